The summed E-state index contributed by atoms with van der Waals surface area (Å²) in [5, 5.41) is 0.628. The maximum Gasteiger partial charge on any atom is 0.138 e. The molecule has 0 spiro atoms. The molecule has 0 aromatic heterocycles. The van der Waals surface area contributed by atoms with Crippen LogP contribution in [0.15, 0.2) is 72.9 Å². The van der Waals surface area contributed by atoms with Gasteiger partial charge in [0.2, 0.25) is 0 Å². The van der Waals surface area contributed by atoms with Gasteiger partial charge in [0.25, 0.3) is 0 Å². The maximum absolute atomic E-state index is 6.21. The van der Waals surface area contributed by atoms with Gasteiger partial charge in [-0.2, -0.15) is 0 Å². The molecule has 0 bridgehead atoms. The SMILES string of the molecule is COc1cc(-c2ccc3c(c2)CC=CN3c2ccc(N3CCC(N(C)C)C3)cc2)ccc1Cl. The van der Waals surface area contributed by atoms with Crippen molar-refractivity contribution in [3.8, 4) is 16.9 Å². The fraction of sp³-hybridized carbons (Fsp3) is 0.286. The first-order valence-electron chi connectivity index (χ1n) is 11.5. The Morgan fingerprint density at radius 1 is 0.939 bits per heavy atom. The average molecular weight is 460 g/mol. The van der Waals surface area contributed by atoms with E-state index in [2.05, 4.69) is 83.5 Å². The van der Waals surface area contributed by atoms with Crippen molar-refractivity contribution >= 4 is 28.7 Å². The monoisotopic (exact) mass is 459 g/mol. The number of hydrogen-bond acceptors (Lipinski definition) is 4. The Kier molecular flexibility index (Phi) is 6.05. The Balaban J connectivity index is 1.38. The molecule has 4 nitrogen and oxygen atoms in total. The molecule has 1 atom stereocenters. The largest absolute Gasteiger partial charge is 0.495 e. The summed E-state index contributed by atoms with van der Waals surface area (Å²) in [6.45, 7) is 2.21. The van der Waals surface area contributed by atoms with Crippen LogP contribution in [0.25, 0.3) is 11.1 Å². The standard InChI is InChI=1S/C28H30ClN3O/c1-30(2)25-14-16-31(19-25)23-8-10-24(11-9-23)32-15-4-5-22-17-20(7-13-27(22)32)21-6-12-26(29)28(18-21)33-3/h4,6-13,15,17-18,25H,5,14,16,19H2,1-3H3. The lowest BCUT2D eigenvalue weighted by Crippen LogP contribution is -2.31. The third-order valence-electron chi connectivity index (χ3n) is 6.80. The van der Waals surface area contributed by atoms with Crippen molar-refractivity contribution in [3.05, 3.63) is 83.5 Å². The zero-order chi connectivity index (χ0) is 22.9. The van der Waals surface area contributed by atoms with Gasteiger partial charge in [0, 0.05) is 42.4 Å². The van der Waals surface area contributed by atoms with E-state index in [1.807, 2.05) is 18.2 Å². The number of allylic oxidation sites excluding steroid dienone is 1. The number of benzene rings is 3. The Bertz CT molecular complexity index is 1170. The van der Waals surface area contributed by atoms with E-state index in [4.69, 9.17) is 16.3 Å². The summed E-state index contributed by atoms with van der Waals surface area (Å²) >= 11 is 6.21. The minimum absolute atomic E-state index is 0.628. The predicted octanol–water partition coefficient (Wildman–Crippen LogP) is 6.36. The van der Waals surface area contributed by atoms with Gasteiger partial charge in [-0.25, -0.2) is 0 Å². The number of nitrogens with zero attached hydrogens (tertiary/aromatic N) is 3. The highest BCUT2D eigenvalue weighted by Crippen LogP contribution is 2.37. The van der Waals surface area contributed by atoms with E-state index >= 15 is 0 Å². The molecule has 1 fully saturated rings. The van der Waals surface area contributed by atoms with Crippen LogP contribution in [0, 0.1) is 0 Å². The second-order valence-corrected chi connectivity index (χ2v) is 9.43. The fourth-order valence-electron chi connectivity index (χ4n) is 4.82. The molecule has 0 amide bonds. The Morgan fingerprint density at radius 3 is 2.39 bits per heavy atom. The summed E-state index contributed by atoms with van der Waals surface area (Å²) in [6, 6.07) is 22.2. The van der Waals surface area contributed by atoms with Crippen LogP contribution in [0.1, 0.15) is 12.0 Å². The smallest absolute Gasteiger partial charge is 0.138 e. The van der Waals surface area contributed by atoms with E-state index < -0.39 is 0 Å². The molecule has 3 aromatic rings. The Hall–Kier alpha value is -2.95. The maximum atomic E-state index is 6.21. The molecule has 2 aliphatic rings. The first-order chi connectivity index (χ1) is 16.0. The van der Waals surface area contributed by atoms with Gasteiger partial charge in [0.15, 0.2) is 0 Å². The highest BCUT2D eigenvalue weighted by atomic mass is 35.5. The van der Waals surface area contributed by atoms with Crippen molar-refractivity contribution in [1.82, 2.24) is 4.90 Å². The average Bonchev–Trinajstić information content (AvgIpc) is 3.35. The third-order valence-corrected chi connectivity index (χ3v) is 7.11. The van der Waals surface area contributed by atoms with Crippen LogP contribution in [-0.4, -0.2) is 45.2 Å². The number of halogens is 1. The van der Waals surface area contributed by atoms with Crippen LogP contribution in [0.5, 0.6) is 5.75 Å². The van der Waals surface area contributed by atoms with E-state index in [0.29, 0.717) is 16.8 Å². The molecule has 0 N–H and O–H groups in total. The van der Waals surface area contributed by atoms with Crippen molar-refractivity contribution in [2.24, 2.45) is 0 Å². The van der Waals surface area contributed by atoms with Crippen LogP contribution >= 0.6 is 11.6 Å². The molecule has 170 valence electrons. The van der Waals surface area contributed by atoms with Crippen molar-refractivity contribution in [3.63, 3.8) is 0 Å². The van der Waals surface area contributed by atoms with Crippen molar-refractivity contribution in [2.45, 2.75) is 18.9 Å². The molecule has 3 aromatic carbocycles. The van der Waals surface area contributed by atoms with Gasteiger partial charge < -0.3 is 19.4 Å². The predicted molar refractivity (Wildman–Crippen MR) is 139 cm³/mol. The molecular weight excluding hydrogens is 430 g/mol. The van der Waals surface area contributed by atoms with Crippen molar-refractivity contribution < 1.29 is 4.74 Å². The zero-order valence-corrected chi connectivity index (χ0v) is 20.2. The molecule has 0 aliphatic carbocycles. The van der Waals surface area contributed by atoms with Crippen LogP contribution in [0.4, 0.5) is 17.1 Å². The fourth-order valence-corrected chi connectivity index (χ4v) is 5.01. The topological polar surface area (TPSA) is 19.0 Å². The van der Waals surface area contributed by atoms with Gasteiger partial charge in [-0.3, -0.25) is 0 Å². The number of methoxy groups -OCH3 is 1. The van der Waals surface area contributed by atoms with E-state index in [1.54, 1.807) is 7.11 Å². The molecule has 2 heterocycles. The van der Waals surface area contributed by atoms with Crippen LogP contribution < -0.4 is 14.5 Å². The lowest BCUT2D eigenvalue weighted by Gasteiger charge is -2.28. The van der Waals surface area contributed by atoms with Crippen molar-refractivity contribution in [1.29, 1.82) is 0 Å². The van der Waals surface area contributed by atoms with Gasteiger partial charge in [-0.05, 0) is 92.2 Å². The summed E-state index contributed by atoms with van der Waals surface area (Å²) in [6.07, 6.45) is 6.55. The second kappa shape index (κ2) is 9.12. The van der Waals surface area contributed by atoms with Gasteiger partial charge in [-0.15, -0.1) is 0 Å². The van der Waals surface area contributed by atoms with Crippen LogP contribution in [0.2, 0.25) is 5.02 Å². The summed E-state index contributed by atoms with van der Waals surface area (Å²) in [7, 11) is 5.99. The number of ether oxygens (including phenoxy) is 1. The van der Waals surface area contributed by atoms with Crippen molar-refractivity contribution in [2.75, 3.05) is 44.1 Å². The molecule has 33 heavy (non-hydrogen) atoms. The molecule has 2 aliphatic heterocycles. The second-order valence-electron chi connectivity index (χ2n) is 9.02. The number of anilines is 3. The summed E-state index contributed by atoms with van der Waals surface area (Å²) in [5.74, 6) is 0.698. The Morgan fingerprint density at radius 2 is 1.67 bits per heavy atom. The van der Waals surface area contributed by atoms with E-state index in [9.17, 15) is 0 Å². The number of fused-ring (bicyclic) bond motifs is 1. The highest BCUT2D eigenvalue weighted by Gasteiger charge is 2.24. The number of hydrogen-bond donors (Lipinski definition) is 0. The van der Waals surface area contributed by atoms with E-state index in [1.165, 1.54) is 34.6 Å². The molecule has 0 saturated carbocycles. The molecule has 0 radical (unpaired) electrons. The molecular formula is C28H30ClN3O. The lowest BCUT2D eigenvalue weighted by atomic mass is 9.97. The number of likely N-dealkylation sites (N-methyl/N-ethyl adjacent to an activating group) is 1. The lowest BCUT2D eigenvalue weighted by molar-refractivity contribution is 0.315. The first-order valence-corrected chi connectivity index (χ1v) is 11.9. The summed E-state index contributed by atoms with van der Waals surface area (Å²) in [5.41, 5.74) is 7.28. The summed E-state index contributed by atoms with van der Waals surface area (Å²) < 4.78 is 5.40. The van der Waals surface area contributed by atoms with Gasteiger partial charge in [0.05, 0.1) is 12.1 Å². The van der Waals surface area contributed by atoms with Gasteiger partial charge in [0.1, 0.15) is 5.75 Å². The van der Waals surface area contributed by atoms with E-state index in [0.717, 1.165) is 25.1 Å². The van der Waals surface area contributed by atoms with Crippen LogP contribution in [-0.2, 0) is 6.42 Å². The minimum atomic E-state index is 0.628. The summed E-state index contributed by atoms with van der Waals surface area (Å²) in [4.78, 5) is 7.10. The highest BCUT2D eigenvalue weighted by molar-refractivity contribution is 6.32. The third kappa shape index (κ3) is 4.33. The van der Waals surface area contributed by atoms with E-state index in [-0.39, 0.29) is 0 Å². The molecule has 1 unspecified atom stereocenters. The minimum Gasteiger partial charge on any atom is -0.495 e. The van der Waals surface area contributed by atoms with Gasteiger partial charge >= 0.3 is 0 Å². The molecule has 5 heteroatoms. The Labute approximate surface area is 201 Å². The van der Waals surface area contributed by atoms with Crippen LogP contribution in [0.3, 0.4) is 0 Å². The normalized spacial score (nSPS) is 17.5. The zero-order valence-electron chi connectivity index (χ0n) is 19.5. The van der Waals surface area contributed by atoms with Gasteiger partial charge in [-0.1, -0.05) is 29.8 Å². The number of rotatable bonds is 5. The molecule has 1 saturated heterocycles. The quantitative estimate of drug-likeness (QED) is 0.441. The molecule has 5 rings (SSSR count). The first kappa shape index (κ1) is 21.9.